The maximum atomic E-state index is 14.9. The van der Waals surface area contributed by atoms with Crippen molar-refractivity contribution in [1.82, 2.24) is 26.3 Å². The number of hydrazine groups is 1. The van der Waals surface area contributed by atoms with Crippen LogP contribution in [-0.2, 0) is 78.8 Å². The number of guanidine groups is 1. The number of ether oxygens (including phenoxy) is 6. The van der Waals surface area contributed by atoms with E-state index in [2.05, 4.69) is 26.3 Å². The molecular weight excluding hydrogens is 1040 g/mol. The molecule has 0 bridgehead atoms. The highest BCUT2D eigenvalue weighted by Gasteiger charge is 2.50. The normalized spacial score (nSPS) is 18.1. The van der Waals surface area contributed by atoms with Crippen LogP contribution in [0.1, 0.15) is 76.1 Å². The standard InChI is InChI=1S/C56H73N9O15/c1-36(2)46(62-50(69)41(29-45(67)68)61-44(66)30-60-51(70)42(27-18-28-59-54(57)58)64(65(73)74)55(72)80-56(3,4)5)52(71)63-47-49(77-33-39-23-14-8-15-24-39)48(76-32-38-21-12-7-13-22-38)43(35-75-31-37-19-10-6-11-20-37)79-53(47)78-34-40-25-16-9-17-26-40/h6-17,19-26,36,41-43,46-49,53H,18,27-35H2,1-5H3,(H,60,70)(H,61,66)(H,62,69)(H,63,71)(H,67,68)(H4,57,58,59)/t41-,42-,43+,46-,47+,48+,49+,53+/m0/s1. The van der Waals surface area contributed by atoms with Gasteiger partial charge in [0.15, 0.2) is 23.3 Å². The van der Waals surface area contributed by atoms with Crippen molar-refractivity contribution in [2.24, 2.45) is 22.4 Å². The van der Waals surface area contributed by atoms with E-state index in [9.17, 15) is 44.0 Å². The van der Waals surface area contributed by atoms with Gasteiger partial charge in [0.05, 0.1) is 46.0 Å². The van der Waals surface area contributed by atoms with Crippen LogP contribution in [-0.4, -0.2) is 131 Å². The van der Waals surface area contributed by atoms with E-state index in [4.69, 9.17) is 39.9 Å². The molecule has 24 nitrogen and oxygen atoms in total. The van der Waals surface area contributed by atoms with Gasteiger partial charge in [0, 0.05) is 6.54 Å². The Morgan fingerprint density at radius 3 is 1.74 bits per heavy atom. The number of hydrogen-bond donors (Lipinski definition) is 7. The summed E-state index contributed by atoms with van der Waals surface area (Å²) in [5, 5.41) is 31.0. The largest absolute Gasteiger partial charge is 0.481 e. The Balaban J connectivity index is 1.41. The van der Waals surface area contributed by atoms with Crippen molar-refractivity contribution in [1.29, 1.82) is 0 Å². The Hall–Kier alpha value is -8.03. The van der Waals surface area contributed by atoms with E-state index < -0.39 is 114 Å². The molecule has 1 fully saturated rings. The van der Waals surface area contributed by atoms with Gasteiger partial charge in [-0.1, -0.05) is 135 Å². The summed E-state index contributed by atoms with van der Waals surface area (Å²) in [4.78, 5) is 97.2. The third kappa shape index (κ3) is 21.0. The molecule has 0 aliphatic carbocycles. The van der Waals surface area contributed by atoms with Crippen LogP contribution < -0.4 is 32.7 Å². The molecule has 0 spiro atoms. The van der Waals surface area contributed by atoms with Gasteiger partial charge in [-0.05, 0) is 66.8 Å². The van der Waals surface area contributed by atoms with Crippen LogP contribution in [0.5, 0.6) is 0 Å². The highest BCUT2D eigenvalue weighted by atomic mass is 16.7. The molecule has 8 atom stereocenters. The maximum absolute atomic E-state index is 14.9. The Morgan fingerprint density at radius 1 is 0.738 bits per heavy atom. The van der Waals surface area contributed by atoms with Crippen molar-refractivity contribution in [3.63, 3.8) is 0 Å². The minimum Gasteiger partial charge on any atom is -0.481 e. The lowest BCUT2D eigenvalue weighted by molar-refractivity contribution is -0.641. The number of hydrogen-bond acceptors (Lipinski definition) is 15. The van der Waals surface area contributed by atoms with Crippen molar-refractivity contribution in [2.75, 3.05) is 19.7 Å². The lowest BCUT2D eigenvalue weighted by Crippen LogP contribution is -2.68. The molecule has 4 aromatic rings. The number of aliphatic imine (C=N–C) groups is 1. The molecule has 80 heavy (non-hydrogen) atoms. The Bertz CT molecular complexity index is 2640. The monoisotopic (exact) mass is 1110 g/mol. The summed E-state index contributed by atoms with van der Waals surface area (Å²) in [6.45, 7) is 7.11. The number of nitrogens with two attached hydrogens (primary N) is 2. The number of nitro groups is 1. The summed E-state index contributed by atoms with van der Waals surface area (Å²) in [6.07, 6.45) is -6.84. The number of carboxylic acids is 1. The smallest absolute Gasteiger partial charge is 0.469 e. The molecule has 0 unspecified atom stereocenters. The molecule has 4 aromatic carbocycles. The Labute approximate surface area is 464 Å². The van der Waals surface area contributed by atoms with Gasteiger partial charge < -0.3 is 66.3 Å². The minimum atomic E-state index is -1.85. The van der Waals surface area contributed by atoms with E-state index in [1.165, 1.54) is 20.8 Å². The lowest BCUT2D eigenvalue weighted by atomic mass is 9.94. The topological polar surface area (TPSA) is 337 Å². The lowest BCUT2D eigenvalue weighted by Gasteiger charge is -2.46. The van der Waals surface area contributed by atoms with E-state index in [0.29, 0.717) is 0 Å². The first-order chi connectivity index (χ1) is 38.2. The fraction of sp³-hybridized carbons (Fsp3) is 0.446. The minimum absolute atomic E-state index is 0.0150. The number of carbonyl (C=O) groups is 6. The second-order valence-electron chi connectivity index (χ2n) is 20.1. The summed E-state index contributed by atoms with van der Waals surface area (Å²) < 4.78 is 38.3. The average molecular weight is 1110 g/mol. The maximum Gasteiger partial charge on any atom is 0.469 e. The number of aliphatic carboxylic acids is 1. The van der Waals surface area contributed by atoms with Crippen LogP contribution in [0.3, 0.4) is 0 Å². The van der Waals surface area contributed by atoms with Gasteiger partial charge in [0.1, 0.15) is 42.0 Å². The number of amides is 5. The number of carbonyl (C=O) groups excluding carboxylic acids is 5. The van der Waals surface area contributed by atoms with Gasteiger partial charge in [0.2, 0.25) is 23.6 Å². The highest BCUT2D eigenvalue weighted by Crippen LogP contribution is 2.30. The molecule has 0 radical (unpaired) electrons. The fourth-order valence-corrected chi connectivity index (χ4v) is 8.32. The molecule has 1 heterocycles. The van der Waals surface area contributed by atoms with Crippen LogP contribution in [0.2, 0.25) is 0 Å². The Morgan fingerprint density at radius 2 is 1.25 bits per heavy atom. The third-order valence-corrected chi connectivity index (χ3v) is 12.2. The number of carboxylic acid groups (broad SMARTS) is 1. The van der Waals surface area contributed by atoms with Crippen LogP contribution in [0, 0.1) is 16.0 Å². The van der Waals surface area contributed by atoms with Crippen molar-refractivity contribution < 1.29 is 67.3 Å². The van der Waals surface area contributed by atoms with Crippen molar-refractivity contribution in [3.8, 4) is 0 Å². The van der Waals surface area contributed by atoms with E-state index >= 15 is 0 Å². The molecule has 1 aliphatic heterocycles. The van der Waals surface area contributed by atoms with E-state index in [1.807, 2.05) is 121 Å². The van der Waals surface area contributed by atoms with E-state index in [0.717, 1.165) is 22.3 Å². The number of nitrogens with one attached hydrogen (secondary N) is 4. The number of nitrogens with zero attached hydrogens (tertiary/aromatic N) is 3. The second-order valence-corrected chi connectivity index (χ2v) is 20.1. The van der Waals surface area contributed by atoms with Crippen LogP contribution >= 0.6 is 0 Å². The quantitative estimate of drug-likeness (QED) is 0.0128. The number of rotatable bonds is 30. The first-order valence-corrected chi connectivity index (χ1v) is 26.0. The average Bonchev–Trinajstić information content (AvgIpc) is 3.41. The summed E-state index contributed by atoms with van der Waals surface area (Å²) >= 11 is 0. The molecule has 5 rings (SSSR count). The molecule has 5 amide bonds. The summed E-state index contributed by atoms with van der Waals surface area (Å²) in [6, 6.07) is 31.4. The fourth-order valence-electron chi connectivity index (χ4n) is 8.32. The molecule has 1 saturated heterocycles. The van der Waals surface area contributed by atoms with Gasteiger partial charge in [-0.25, -0.2) is 14.9 Å². The van der Waals surface area contributed by atoms with E-state index in [-0.39, 0.29) is 63.4 Å². The van der Waals surface area contributed by atoms with Crippen molar-refractivity contribution in [3.05, 3.63) is 154 Å². The van der Waals surface area contributed by atoms with Gasteiger partial charge in [0.25, 0.3) is 0 Å². The predicted octanol–water partition coefficient (Wildman–Crippen LogP) is 3.87. The molecule has 9 N–H and O–H groups in total. The van der Waals surface area contributed by atoms with Crippen LogP contribution in [0.15, 0.2) is 126 Å². The second kappa shape index (κ2) is 31.5. The predicted molar refractivity (Wildman–Crippen MR) is 291 cm³/mol. The molecule has 0 saturated carbocycles. The zero-order valence-electron chi connectivity index (χ0n) is 45.5. The van der Waals surface area contributed by atoms with Gasteiger partial charge in [-0.2, -0.15) is 0 Å². The van der Waals surface area contributed by atoms with Crippen molar-refractivity contribution >= 4 is 41.7 Å². The molecular formula is C56H73N9O15. The third-order valence-electron chi connectivity index (χ3n) is 12.2. The number of benzene rings is 4. The first kappa shape index (κ1) is 62.8. The van der Waals surface area contributed by atoms with E-state index in [1.54, 1.807) is 13.8 Å². The van der Waals surface area contributed by atoms with Gasteiger partial charge in [-0.15, -0.1) is 0 Å². The molecule has 0 aromatic heterocycles. The van der Waals surface area contributed by atoms with Gasteiger partial charge in [-0.3, -0.25) is 29.0 Å². The summed E-state index contributed by atoms with van der Waals surface area (Å²) in [5.41, 5.74) is 12.9. The SMILES string of the molecule is CC(C)[C@H](NC(=O)[C@H](CC(=O)O)NC(=O)CNC(=O)[C@H](CCCN=C(N)N)N(C(=O)OC(C)(C)C)[N+](=O)[O-])C(=O)N[C@H]1[C@H](OCc2ccccc2)O[C@H](COCc2ccccc2)[C@@H](OCc2ccccc2)[C@@H]1OCc1ccccc1. The zero-order valence-corrected chi connectivity index (χ0v) is 45.5. The summed E-state index contributed by atoms with van der Waals surface area (Å²) in [7, 11) is 0. The molecule has 1 aliphatic rings. The molecule has 432 valence electrons. The first-order valence-electron chi connectivity index (χ1n) is 26.0. The Kier molecular flexibility index (Phi) is 24.8. The van der Waals surface area contributed by atoms with Crippen LogP contribution in [0.25, 0.3) is 0 Å². The van der Waals surface area contributed by atoms with Crippen LogP contribution in [0.4, 0.5) is 4.79 Å². The highest BCUT2D eigenvalue weighted by molar-refractivity contribution is 5.95. The zero-order chi connectivity index (χ0) is 58.2. The van der Waals surface area contributed by atoms with Gasteiger partial charge >= 0.3 is 12.1 Å². The molecule has 24 heteroatoms. The summed E-state index contributed by atoms with van der Waals surface area (Å²) in [5.74, 6) is -6.60. The van der Waals surface area contributed by atoms with Crippen molar-refractivity contribution in [2.45, 2.75) is 135 Å².